The molecule has 0 saturated heterocycles. The molecule has 0 aliphatic rings. The second-order valence-corrected chi connectivity index (χ2v) is 6.03. The van der Waals surface area contributed by atoms with E-state index in [-0.39, 0.29) is 29.7 Å². The number of carboxylic acid groups (broad SMARTS) is 1. The normalized spacial score (nSPS) is 10.5. The first-order valence-electron chi connectivity index (χ1n) is 7.84. The number of amides is 2. The molecule has 2 rings (SSSR count). The molecule has 0 radical (unpaired) electrons. The van der Waals surface area contributed by atoms with Crippen LogP contribution in [0.2, 0.25) is 0 Å². The fourth-order valence-corrected chi connectivity index (χ4v) is 2.18. The van der Waals surface area contributed by atoms with E-state index in [9.17, 15) is 14.4 Å². The monoisotopic (exact) mass is 344 g/mol. The average Bonchev–Trinajstić information content (AvgIpc) is 3.02. The van der Waals surface area contributed by atoms with E-state index in [2.05, 4.69) is 10.6 Å². The van der Waals surface area contributed by atoms with Gasteiger partial charge in [-0.15, -0.1) is 0 Å². The zero-order valence-corrected chi connectivity index (χ0v) is 14.0. The van der Waals surface area contributed by atoms with Crippen molar-refractivity contribution in [2.75, 3.05) is 5.32 Å². The topological polar surface area (TPSA) is 109 Å². The Morgan fingerprint density at radius 1 is 1.20 bits per heavy atom. The van der Waals surface area contributed by atoms with Gasteiger partial charge in [-0.1, -0.05) is 26.0 Å². The third-order valence-corrected chi connectivity index (χ3v) is 3.33. The molecule has 0 spiro atoms. The fourth-order valence-electron chi connectivity index (χ4n) is 2.18. The molecule has 2 amide bonds. The first-order valence-corrected chi connectivity index (χ1v) is 7.84. The molecule has 1 aromatic heterocycles. The molecule has 2 aromatic rings. The van der Waals surface area contributed by atoms with Crippen molar-refractivity contribution in [3.05, 3.63) is 53.5 Å². The molecule has 25 heavy (non-hydrogen) atoms. The quantitative estimate of drug-likeness (QED) is 0.715. The molecular formula is C18H20N2O5. The summed E-state index contributed by atoms with van der Waals surface area (Å²) in [6, 6.07) is 8.30. The van der Waals surface area contributed by atoms with Gasteiger partial charge in [0.15, 0.2) is 5.76 Å². The Bertz CT molecular complexity index is 779. The average molecular weight is 344 g/mol. The number of hydrogen-bond donors (Lipinski definition) is 3. The Balaban J connectivity index is 1.94. The molecule has 0 fully saturated rings. The number of furan rings is 1. The van der Waals surface area contributed by atoms with Crippen molar-refractivity contribution in [2.45, 2.75) is 26.8 Å². The van der Waals surface area contributed by atoms with Gasteiger partial charge in [-0.2, -0.15) is 0 Å². The van der Waals surface area contributed by atoms with E-state index < -0.39 is 11.9 Å². The minimum absolute atomic E-state index is 0.0621. The zero-order valence-electron chi connectivity index (χ0n) is 14.0. The minimum Gasteiger partial charge on any atom is -0.478 e. The molecule has 0 saturated carbocycles. The number of nitrogens with one attached hydrogen (secondary N) is 2. The van der Waals surface area contributed by atoms with E-state index in [0.29, 0.717) is 12.1 Å². The lowest BCUT2D eigenvalue weighted by atomic mass is 10.1. The highest BCUT2D eigenvalue weighted by atomic mass is 16.4. The van der Waals surface area contributed by atoms with Gasteiger partial charge < -0.3 is 20.2 Å². The lowest BCUT2D eigenvalue weighted by Crippen LogP contribution is -2.22. The third-order valence-electron chi connectivity index (χ3n) is 3.33. The largest absolute Gasteiger partial charge is 0.478 e. The molecule has 7 heteroatoms. The molecule has 0 aliphatic carbocycles. The molecule has 3 N–H and O–H groups in total. The van der Waals surface area contributed by atoms with Crippen LogP contribution in [0.4, 0.5) is 5.69 Å². The second-order valence-electron chi connectivity index (χ2n) is 6.03. The number of anilines is 1. The molecular weight excluding hydrogens is 324 g/mol. The number of carbonyl (C=O) groups is 3. The summed E-state index contributed by atoms with van der Waals surface area (Å²) in [6.07, 6.45) is 1.45. The van der Waals surface area contributed by atoms with Gasteiger partial charge in [0, 0.05) is 24.7 Å². The highest BCUT2D eigenvalue weighted by molar-refractivity contribution is 5.95. The van der Waals surface area contributed by atoms with Crippen LogP contribution in [0.15, 0.2) is 41.0 Å². The van der Waals surface area contributed by atoms with Crippen LogP contribution in [-0.4, -0.2) is 22.9 Å². The third kappa shape index (κ3) is 5.49. The predicted molar refractivity (Wildman–Crippen MR) is 91.4 cm³/mol. The van der Waals surface area contributed by atoms with Crippen LogP contribution in [0.5, 0.6) is 0 Å². The fraction of sp³-hybridized carbons (Fsp3) is 0.278. The van der Waals surface area contributed by atoms with Gasteiger partial charge in [0.1, 0.15) is 6.26 Å². The van der Waals surface area contributed by atoms with Crippen molar-refractivity contribution in [1.29, 1.82) is 0 Å². The van der Waals surface area contributed by atoms with Gasteiger partial charge >= 0.3 is 5.97 Å². The van der Waals surface area contributed by atoms with Crippen molar-refractivity contribution in [3.63, 3.8) is 0 Å². The van der Waals surface area contributed by atoms with E-state index in [1.54, 1.807) is 18.2 Å². The van der Waals surface area contributed by atoms with Crippen LogP contribution < -0.4 is 10.6 Å². The minimum atomic E-state index is -1.16. The van der Waals surface area contributed by atoms with Crippen LogP contribution in [0.25, 0.3) is 0 Å². The zero-order chi connectivity index (χ0) is 18.4. The summed E-state index contributed by atoms with van der Waals surface area (Å²) in [5.74, 6) is -1.53. The van der Waals surface area contributed by atoms with Crippen molar-refractivity contribution >= 4 is 23.5 Å². The van der Waals surface area contributed by atoms with E-state index >= 15 is 0 Å². The lowest BCUT2D eigenvalue weighted by molar-refractivity contribution is -0.116. The maximum absolute atomic E-state index is 12.0. The Hall–Kier alpha value is -3.09. The number of rotatable bonds is 7. The number of aromatic carboxylic acids is 1. The highest BCUT2D eigenvalue weighted by Gasteiger charge is 2.14. The summed E-state index contributed by atoms with van der Waals surface area (Å²) in [6.45, 7) is 4.15. The summed E-state index contributed by atoms with van der Waals surface area (Å²) >= 11 is 0. The van der Waals surface area contributed by atoms with Gasteiger partial charge in [-0.05, 0) is 23.6 Å². The van der Waals surface area contributed by atoms with Gasteiger partial charge in [-0.25, -0.2) is 4.79 Å². The first-order chi connectivity index (χ1) is 11.8. The van der Waals surface area contributed by atoms with Gasteiger partial charge in [0.25, 0.3) is 5.91 Å². The van der Waals surface area contributed by atoms with Crippen LogP contribution in [0.3, 0.4) is 0 Å². The van der Waals surface area contributed by atoms with Gasteiger partial charge in [-0.3, -0.25) is 9.59 Å². The Kier molecular flexibility index (Phi) is 5.94. The summed E-state index contributed by atoms with van der Waals surface area (Å²) < 4.78 is 4.94. The number of carbonyl (C=O) groups excluding carboxylic acids is 2. The number of carboxylic acids is 1. The van der Waals surface area contributed by atoms with Crippen LogP contribution in [0, 0.1) is 5.92 Å². The van der Waals surface area contributed by atoms with Gasteiger partial charge in [0.05, 0.1) is 5.56 Å². The molecule has 1 aromatic carbocycles. The Morgan fingerprint density at radius 3 is 2.60 bits per heavy atom. The number of hydrogen-bond acceptors (Lipinski definition) is 4. The molecule has 7 nitrogen and oxygen atoms in total. The Morgan fingerprint density at radius 2 is 1.96 bits per heavy atom. The maximum atomic E-state index is 12.0. The van der Waals surface area contributed by atoms with Crippen LogP contribution in [-0.2, 0) is 11.3 Å². The highest BCUT2D eigenvalue weighted by Crippen LogP contribution is 2.13. The maximum Gasteiger partial charge on any atom is 0.338 e. The summed E-state index contributed by atoms with van der Waals surface area (Å²) in [7, 11) is 0. The van der Waals surface area contributed by atoms with Crippen LogP contribution in [0.1, 0.15) is 46.7 Å². The van der Waals surface area contributed by atoms with E-state index in [0.717, 1.165) is 11.8 Å². The smallest absolute Gasteiger partial charge is 0.338 e. The molecule has 0 aliphatic heterocycles. The molecule has 132 valence electrons. The molecule has 0 atom stereocenters. The van der Waals surface area contributed by atoms with Crippen molar-refractivity contribution in [1.82, 2.24) is 5.32 Å². The SMILES string of the molecule is CC(C)CC(=O)Nc1cccc(CNC(=O)c2cc(C(=O)O)co2)c1. The standard InChI is InChI=1S/C18H20N2O5/c1-11(2)6-16(21)20-14-5-3-4-12(7-14)9-19-17(22)15-8-13(10-25-15)18(23)24/h3-5,7-8,10-11H,6,9H2,1-2H3,(H,19,22)(H,20,21)(H,23,24). The van der Waals surface area contributed by atoms with E-state index in [1.807, 2.05) is 19.9 Å². The summed E-state index contributed by atoms with van der Waals surface area (Å²) in [4.78, 5) is 34.6. The van der Waals surface area contributed by atoms with Crippen molar-refractivity contribution < 1.29 is 23.9 Å². The van der Waals surface area contributed by atoms with E-state index in [4.69, 9.17) is 9.52 Å². The molecule has 0 unspecified atom stereocenters. The Labute approximate surface area is 145 Å². The summed E-state index contributed by atoms with van der Waals surface area (Å²) in [5, 5.41) is 14.3. The molecule has 1 heterocycles. The second kappa shape index (κ2) is 8.14. The lowest BCUT2D eigenvalue weighted by Gasteiger charge is -2.09. The van der Waals surface area contributed by atoms with Crippen LogP contribution >= 0.6 is 0 Å². The van der Waals surface area contributed by atoms with E-state index in [1.165, 1.54) is 6.07 Å². The predicted octanol–water partition coefficient (Wildman–Crippen LogP) is 2.89. The summed E-state index contributed by atoms with van der Waals surface area (Å²) in [5.41, 5.74) is 1.37. The van der Waals surface area contributed by atoms with Crippen molar-refractivity contribution in [2.24, 2.45) is 5.92 Å². The van der Waals surface area contributed by atoms with Gasteiger partial charge in [0.2, 0.25) is 5.91 Å². The number of benzene rings is 1. The molecule has 0 bridgehead atoms. The first kappa shape index (κ1) is 18.3. The van der Waals surface area contributed by atoms with Crippen molar-refractivity contribution in [3.8, 4) is 0 Å².